The third-order valence-corrected chi connectivity index (χ3v) is 5.73. The van der Waals surface area contributed by atoms with E-state index in [4.69, 9.17) is 5.53 Å². The fraction of sp³-hybridized carbons (Fsp3) is 0.667. The van der Waals surface area contributed by atoms with Gasteiger partial charge in [0.25, 0.3) is 0 Å². The van der Waals surface area contributed by atoms with Crippen molar-refractivity contribution in [3.63, 3.8) is 0 Å². The Morgan fingerprint density at radius 1 is 1.00 bits per heavy atom. The maximum absolute atomic E-state index is 6.65. The molecule has 1 N–H and O–H groups in total. The van der Waals surface area contributed by atoms with E-state index in [1.54, 1.807) is 0 Å². The lowest BCUT2D eigenvalue weighted by molar-refractivity contribution is 0.177. The van der Waals surface area contributed by atoms with E-state index in [2.05, 4.69) is 64.5 Å². The van der Waals surface area contributed by atoms with Gasteiger partial charge in [-0.05, 0) is 37.5 Å². The molecule has 1 saturated heterocycles. The number of hydrogen-bond donors (Lipinski definition) is 1. The zero-order valence-electron chi connectivity index (χ0n) is 20.0. The van der Waals surface area contributed by atoms with Crippen LogP contribution in [0.3, 0.4) is 0 Å². The van der Waals surface area contributed by atoms with Crippen LogP contribution in [0, 0.1) is 22.3 Å². The molecule has 1 fully saturated rings. The number of allylic oxidation sites excluding steroid dienone is 7. The van der Waals surface area contributed by atoms with Crippen LogP contribution >= 0.6 is 0 Å². The van der Waals surface area contributed by atoms with E-state index in [1.807, 2.05) is 47.6 Å². The number of nitrogens with zero attached hydrogens (tertiary/aromatic N) is 1. The Labute approximate surface area is 170 Å². The Bertz CT molecular complexity index is 533. The fourth-order valence-corrected chi connectivity index (χ4v) is 3.33. The summed E-state index contributed by atoms with van der Waals surface area (Å²) in [5.74, 6) is 0.387. The van der Waals surface area contributed by atoms with Crippen LogP contribution < -0.4 is 0 Å². The van der Waals surface area contributed by atoms with Gasteiger partial charge < -0.3 is 0 Å². The van der Waals surface area contributed by atoms with Gasteiger partial charge in [-0.1, -0.05) is 110 Å². The summed E-state index contributed by atoms with van der Waals surface area (Å²) < 4.78 is 0. The van der Waals surface area contributed by atoms with Gasteiger partial charge in [-0.25, -0.2) is 5.53 Å². The third-order valence-electron chi connectivity index (χ3n) is 5.73. The maximum Gasteiger partial charge on any atom is 0.176 e. The average molecular weight is 372 g/mol. The molecular weight excluding hydrogens is 327 g/mol. The highest BCUT2D eigenvalue weighted by atomic mass is 15.0. The van der Waals surface area contributed by atoms with Crippen LogP contribution in [0.1, 0.15) is 76.2 Å². The molecule has 0 unspecified atom stereocenters. The first kappa shape index (κ1) is 27.8. The molecule has 2 nitrogen and oxygen atoms in total. The molecular formula is C24H45BN2. The molecule has 0 spiro atoms. The second-order valence-electron chi connectivity index (χ2n) is 8.82. The molecule has 3 heteroatoms. The number of rotatable bonds is 5. The zero-order chi connectivity index (χ0) is 21.8. The smallest absolute Gasteiger partial charge is 0.176 e. The number of nitrogens with one attached hydrogen (secondary N) is 1. The molecule has 0 bridgehead atoms. The van der Waals surface area contributed by atoms with Crippen LogP contribution in [-0.2, 0) is 0 Å². The lowest BCUT2D eigenvalue weighted by atomic mass is 9.41. The minimum atomic E-state index is 0.387. The van der Waals surface area contributed by atoms with Crippen LogP contribution in [0.4, 0.5) is 0 Å². The lowest BCUT2D eigenvalue weighted by Gasteiger charge is -2.35. The SMILES string of the molecule is C/C=C(\N=N)C(C)C.C=C(C)/C=C\C(=C/C)B1CC(C)(C)C(C)(C)C1.CC. The summed E-state index contributed by atoms with van der Waals surface area (Å²) >= 11 is 0. The van der Waals surface area contributed by atoms with Crippen molar-refractivity contribution in [2.24, 2.45) is 21.9 Å². The highest BCUT2D eigenvalue weighted by Crippen LogP contribution is 2.54. The van der Waals surface area contributed by atoms with Gasteiger partial charge in [0.1, 0.15) is 0 Å². The molecule has 27 heavy (non-hydrogen) atoms. The van der Waals surface area contributed by atoms with Gasteiger partial charge in [0, 0.05) is 0 Å². The normalized spacial score (nSPS) is 18.6. The summed E-state index contributed by atoms with van der Waals surface area (Å²) in [4.78, 5) is 0. The molecule has 0 aromatic carbocycles. The van der Waals surface area contributed by atoms with E-state index in [-0.39, 0.29) is 0 Å². The van der Waals surface area contributed by atoms with Crippen molar-refractivity contribution >= 4 is 6.71 Å². The van der Waals surface area contributed by atoms with E-state index in [0.717, 1.165) is 11.3 Å². The summed E-state index contributed by atoms with van der Waals surface area (Å²) in [7, 11) is 0. The Hall–Kier alpha value is -1.38. The largest absolute Gasteiger partial charge is 0.205 e. The van der Waals surface area contributed by atoms with Crippen molar-refractivity contribution in [1.82, 2.24) is 0 Å². The molecule has 0 aromatic heterocycles. The van der Waals surface area contributed by atoms with E-state index < -0.39 is 0 Å². The van der Waals surface area contributed by atoms with Gasteiger partial charge in [-0.3, -0.25) is 0 Å². The molecule has 0 aliphatic carbocycles. The molecule has 1 heterocycles. The van der Waals surface area contributed by atoms with Gasteiger partial charge in [-0.2, -0.15) is 5.11 Å². The molecule has 1 aliphatic rings. The molecule has 0 atom stereocenters. The van der Waals surface area contributed by atoms with Crippen LogP contribution in [-0.4, -0.2) is 6.71 Å². The van der Waals surface area contributed by atoms with Gasteiger partial charge in [0.2, 0.25) is 0 Å². The molecule has 1 aliphatic heterocycles. The van der Waals surface area contributed by atoms with Crippen molar-refractivity contribution in [3.8, 4) is 0 Å². The summed E-state index contributed by atoms with van der Waals surface area (Å²) in [6, 6.07) is 0. The van der Waals surface area contributed by atoms with Crippen LogP contribution in [0.2, 0.25) is 12.6 Å². The third kappa shape index (κ3) is 9.40. The first-order valence-electron chi connectivity index (χ1n) is 10.4. The Morgan fingerprint density at radius 3 is 1.67 bits per heavy atom. The van der Waals surface area contributed by atoms with Gasteiger partial charge in [0.15, 0.2) is 6.71 Å². The standard InChI is InChI=1S/C16H27B.C6H12N2.C2H6/c1-8-14(10-9-13(2)3)17-11-15(4,5)16(6,7)12-17;1-4-6(8-7)5(2)3;1-2/h8-10H,2,11-12H2,1,3-7H3;4-5,7H,1-3H3;1-2H3/b10-9-,14-8+;6-4-,8-7?;. The Morgan fingerprint density at radius 2 is 1.44 bits per heavy atom. The summed E-state index contributed by atoms with van der Waals surface area (Å²) in [5, 5.41) is 3.32. The summed E-state index contributed by atoms with van der Waals surface area (Å²) in [6.07, 6.45) is 11.1. The Balaban J connectivity index is 0. The second-order valence-corrected chi connectivity index (χ2v) is 8.82. The minimum Gasteiger partial charge on any atom is -0.205 e. The van der Waals surface area contributed by atoms with E-state index in [1.165, 1.54) is 18.1 Å². The predicted octanol–water partition coefficient (Wildman–Crippen LogP) is 8.77. The monoisotopic (exact) mass is 372 g/mol. The first-order chi connectivity index (χ1) is 12.4. The van der Waals surface area contributed by atoms with Crippen molar-refractivity contribution in [2.45, 2.75) is 88.8 Å². The Kier molecular flexibility index (Phi) is 13.3. The minimum absolute atomic E-state index is 0.387. The van der Waals surface area contributed by atoms with Gasteiger partial charge in [-0.15, -0.1) is 0 Å². The number of hydrogen-bond acceptors (Lipinski definition) is 2. The van der Waals surface area contributed by atoms with E-state index in [9.17, 15) is 0 Å². The topological polar surface area (TPSA) is 36.2 Å². The second kappa shape index (κ2) is 12.9. The van der Waals surface area contributed by atoms with Crippen molar-refractivity contribution in [3.05, 3.63) is 47.6 Å². The zero-order valence-corrected chi connectivity index (χ0v) is 20.0. The molecule has 0 aromatic rings. The molecule has 1 rings (SSSR count). The molecule has 154 valence electrons. The van der Waals surface area contributed by atoms with E-state index >= 15 is 0 Å². The quantitative estimate of drug-likeness (QED) is 0.284. The molecule has 0 radical (unpaired) electrons. The van der Waals surface area contributed by atoms with E-state index in [0.29, 0.717) is 23.5 Å². The van der Waals surface area contributed by atoms with Crippen molar-refractivity contribution in [1.29, 1.82) is 5.53 Å². The average Bonchev–Trinajstić information content (AvgIpc) is 2.79. The summed E-state index contributed by atoms with van der Waals surface area (Å²) in [6.45, 7) is 28.4. The van der Waals surface area contributed by atoms with Crippen molar-refractivity contribution in [2.75, 3.05) is 0 Å². The summed E-state index contributed by atoms with van der Waals surface area (Å²) in [5.41, 5.74) is 11.0. The fourth-order valence-electron chi connectivity index (χ4n) is 3.33. The molecule has 0 amide bonds. The highest BCUT2D eigenvalue weighted by molar-refractivity contribution is 6.68. The van der Waals surface area contributed by atoms with Crippen LogP contribution in [0.25, 0.3) is 0 Å². The van der Waals surface area contributed by atoms with Crippen LogP contribution in [0.5, 0.6) is 0 Å². The highest BCUT2D eigenvalue weighted by Gasteiger charge is 2.48. The first-order valence-corrected chi connectivity index (χ1v) is 10.4. The van der Waals surface area contributed by atoms with Crippen molar-refractivity contribution < 1.29 is 0 Å². The van der Waals surface area contributed by atoms with Gasteiger partial charge in [0.05, 0.1) is 5.70 Å². The predicted molar refractivity (Wildman–Crippen MR) is 126 cm³/mol. The maximum atomic E-state index is 6.65. The van der Waals surface area contributed by atoms with Crippen LogP contribution in [0.15, 0.2) is 52.7 Å². The lowest BCUT2D eigenvalue weighted by Crippen LogP contribution is -2.24. The molecule has 0 saturated carbocycles. The van der Waals surface area contributed by atoms with Gasteiger partial charge >= 0.3 is 0 Å².